The fourth-order valence-corrected chi connectivity index (χ4v) is 6.20. The van der Waals surface area contributed by atoms with E-state index in [1.807, 2.05) is 44.4 Å². The first-order valence-corrected chi connectivity index (χ1v) is 12.0. The highest BCUT2D eigenvalue weighted by atomic mass is 32.2. The Labute approximate surface area is 173 Å². The standard InChI is InChI=1S/C23H28N2O3S/c1-24(2)11-5-12-25(20-10-13-29(27,28)16-20)23(26)18-8-9-22-19(15-18)14-17-6-3-4-7-21(17)22/h3-4,6-9,15,20H,5,10-14,16H2,1-2H3. The average molecular weight is 413 g/mol. The molecule has 0 aromatic heterocycles. The van der Waals surface area contributed by atoms with Crippen molar-refractivity contribution in [1.29, 1.82) is 0 Å². The molecule has 1 heterocycles. The van der Waals surface area contributed by atoms with Gasteiger partial charge in [-0.1, -0.05) is 30.3 Å². The van der Waals surface area contributed by atoms with Gasteiger partial charge in [0.15, 0.2) is 9.84 Å². The van der Waals surface area contributed by atoms with Gasteiger partial charge in [-0.2, -0.15) is 0 Å². The van der Waals surface area contributed by atoms with Crippen LogP contribution in [0.4, 0.5) is 0 Å². The third-order valence-electron chi connectivity index (χ3n) is 5.96. The minimum Gasteiger partial charge on any atom is -0.335 e. The zero-order valence-corrected chi connectivity index (χ0v) is 17.9. The van der Waals surface area contributed by atoms with Crippen LogP contribution in [0.2, 0.25) is 0 Å². The second kappa shape index (κ2) is 7.92. The van der Waals surface area contributed by atoms with Crippen LogP contribution >= 0.6 is 0 Å². The predicted octanol–water partition coefficient (Wildman–Crippen LogP) is 2.84. The summed E-state index contributed by atoms with van der Waals surface area (Å²) in [6.07, 6.45) is 2.20. The largest absolute Gasteiger partial charge is 0.335 e. The monoisotopic (exact) mass is 412 g/mol. The fourth-order valence-electron chi connectivity index (χ4n) is 4.47. The number of sulfone groups is 1. The van der Waals surface area contributed by atoms with E-state index in [0.717, 1.165) is 19.4 Å². The molecule has 1 atom stereocenters. The quantitative estimate of drug-likeness (QED) is 0.625. The summed E-state index contributed by atoms with van der Waals surface area (Å²) in [5.74, 6) is 0.204. The van der Waals surface area contributed by atoms with Gasteiger partial charge < -0.3 is 9.80 Å². The summed E-state index contributed by atoms with van der Waals surface area (Å²) >= 11 is 0. The Kier molecular flexibility index (Phi) is 5.49. The number of hydrogen-bond acceptors (Lipinski definition) is 4. The van der Waals surface area contributed by atoms with Crippen LogP contribution in [0.5, 0.6) is 0 Å². The normalized spacial score (nSPS) is 19.2. The van der Waals surface area contributed by atoms with Crippen molar-refractivity contribution in [2.75, 3.05) is 38.7 Å². The Morgan fingerprint density at radius 1 is 1.03 bits per heavy atom. The van der Waals surface area contributed by atoms with Gasteiger partial charge >= 0.3 is 0 Å². The first-order chi connectivity index (χ1) is 13.8. The highest BCUT2D eigenvalue weighted by molar-refractivity contribution is 7.91. The van der Waals surface area contributed by atoms with Crippen molar-refractivity contribution in [1.82, 2.24) is 9.80 Å². The lowest BCUT2D eigenvalue weighted by molar-refractivity contribution is 0.0690. The van der Waals surface area contributed by atoms with Crippen LogP contribution in [0.15, 0.2) is 42.5 Å². The van der Waals surface area contributed by atoms with Gasteiger partial charge in [-0.05, 0) is 74.3 Å². The number of carbonyl (C=O) groups excluding carboxylic acids is 1. The Morgan fingerprint density at radius 3 is 2.52 bits per heavy atom. The minimum atomic E-state index is -3.05. The summed E-state index contributed by atoms with van der Waals surface area (Å²) in [5, 5.41) is 0. The fraction of sp³-hybridized carbons (Fsp3) is 0.435. The maximum Gasteiger partial charge on any atom is 0.254 e. The van der Waals surface area contributed by atoms with E-state index in [4.69, 9.17) is 0 Å². The van der Waals surface area contributed by atoms with Gasteiger partial charge in [-0.25, -0.2) is 8.42 Å². The molecule has 29 heavy (non-hydrogen) atoms. The Balaban J connectivity index is 1.58. The van der Waals surface area contributed by atoms with Crippen LogP contribution in [-0.2, 0) is 16.3 Å². The molecule has 6 heteroatoms. The van der Waals surface area contributed by atoms with Gasteiger partial charge in [-0.3, -0.25) is 4.79 Å². The Hall–Kier alpha value is -2.18. The van der Waals surface area contributed by atoms with Gasteiger partial charge in [0.2, 0.25) is 0 Å². The third kappa shape index (κ3) is 4.23. The minimum absolute atomic E-state index is 0.0513. The molecule has 1 aliphatic heterocycles. The Morgan fingerprint density at radius 2 is 1.79 bits per heavy atom. The zero-order chi connectivity index (χ0) is 20.6. The van der Waals surface area contributed by atoms with Crippen LogP contribution in [0, 0.1) is 0 Å². The topological polar surface area (TPSA) is 57.7 Å². The molecule has 0 spiro atoms. The highest BCUT2D eigenvalue weighted by Gasteiger charge is 2.35. The second-order valence-electron chi connectivity index (χ2n) is 8.42. The lowest BCUT2D eigenvalue weighted by Crippen LogP contribution is -2.42. The number of fused-ring (bicyclic) bond motifs is 3. The number of nitrogens with zero attached hydrogens (tertiary/aromatic N) is 2. The summed E-state index contributed by atoms with van der Waals surface area (Å²) in [5.41, 5.74) is 5.55. The molecule has 0 saturated carbocycles. The Bertz CT molecular complexity index is 1030. The van der Waals surface area contributed by atoms with Crippen molar-refractivity contribution < 1.29 is 13.2 Å². The van der Waals surface area contributed by atoms with E-state index < -0.39 is 9.84 Å². The maximum atomic E-state index is 13.4. The third-order valence-corrected chi connectivity index (χ3v) is 7.71. The van der Waals surface area contributed by atoms with Gasteiger partial charge in [0.1, 0.15) is 0 Å². The molecule has 154 valence electrons. The van der Waals surface area contributed by atoms with Gasteiger partial charge in [0, 0.05) is 18.2 Å². The number of benzene rings is 2. The van der Waals surface area contributed by atoms with Crippen molar-refractivity contribution in [3.63, 3.8) is 0 Å². The van der Waals surface area contributed by atoms with Crippen LogP contribution < -0.4 is 0 Å². The van der Waals surface area contributed by atoms with Crippen molar-refractivity contribution >= 4 is 15.7 Å². The van der Waals surface area contributed by atoms with E-state index >= 15 is 0 Å². The maximum absolute atomic E-state index is 13.4. The average Bonchev–Trinajstić information content (AvgIpc) is 3.23. The van der Waals surface area contributed by atoms with Gasteiger partial charge in [0.05, 0.1) is 11.5 Å². The van der Waals surface area contributed by atoms with Crippen LogP contribution in [-0.4, -0.2) is 68.9 Å². The molecule has 1 saturated heterocycles. The first kappa shape index (κ1) is 20.1. The molecular formula is C23H28N2O3S. The SMILES string of the molecule is CN(C)CCCN(C(=O)c1ccc2c(c1)Cc1ccccc1-2)C1CCS(=O)(=O)C1. The van der Waals surface area contributed by atoms with E-state index in [1.165, 1.54) is 22.3 Å². The molecule has 2 aliphatic rings. The predicted molar refractivity (Wildman–Crippen MR) is 116 cm³/mol. The lowest BCUT2D eigenvalue weighted by Gasteiger charge is -2.29. The van der Waals surface area contributed by atoms with E-state index in [0.29, 0.717) is 18.5 Å². The number of hydrogen-bond donors (Lipinski definition) is 0. The summed E-state index contributed by atoms with van der Waals surface area (Å²) in [4.78, 5) is 17.3. The molecule has 2 aromatic carbocycles. The first-order valence-electron chi connectivity index (χ1n) is 10.2. The zero-order valence-electron chi connectivity index (χ0n) is 17.1. The summed E-state index contributed by atoms with van der Waals surface area (Å²) in [6.45, 7) is 1.44. The molecule has 1 fully saturated rings. The summed E-state index contributed by atoms with van der Waals surface area (Å²) in [7, 11) is 0.961. The second-order valence-corrected chi connectivity index (χ2v) is 10.6. The molecule has 4 rings (SSSR count). The molecule has 1 unspecified atom stereocenters. The highest BCUT2D eigenvalue weighted by Crippen LogP contribution is 2.37. The van der Waals surface area contributed by atoms with Crippen LogP contribution in [0.1, 0.15) is 34.3 Å². The van der Waals surface area contributed by atoms with Crippen molar-refractivity contribution in [3.8, 4) is 11.1 Å². The van der Waals surface area contributed by atoms with Gasteiger partial charge in [-0.15, -0.1) is 0 Å². The van der Waals surface area contributed by atoms with Gasteiger partial charge in [0.25, 0.3) is 5.91 Å². The molecule has 0 radical (unpaired) electrons. The van der Waals surface area contributed by atoms with Crippen LogP contribution in [0.25, 0.3) is 11.1 Å². The number of carbonyl (C=O) groups is 1. The summed E-state index contributed by atoms with van der Waals surface area (Å²) < 4.78 is 24.0. The lowest BCUT2D eigenvalue weighted by atomic mass is 10.0. The van der Waals surface area contributed by atoms with E-state index in [1.54, 1.807) is 4.90 Å². The van der Waals surface area contributed by atoms with Crippen molar-refractivity contribution in [2.45, 2.75) is 25.3 Å². The summed E-state index contributed by atoms with van der Waals surface area (Å²) in [6, 6.07) is 14.1. The molecule has 5 nitrogen and oxygen atoms in total. The molecule has 0 N–H and O–H groups in total. The molecule has 0 bridgehead atoms. The van der Waals surface area contributed by atoms with Crippen molar-refractivity contribution in [2.24, 2.45) is 0 Å². The van der Waals surface area contributed by atoms with Crippen LogP contribution in [0.3, 0.4) is 0 Å². The molecule has 1 aliphatic carbocycles. The molecule has 1 amide bonds. The van der Waals surface area contributed by atoms with E-state index in [-0.39, 0.29) is 23.5 Å². The molecular weight excluding hydrogens is 384 g/mol. The number of rotatable bonds is 6. The van der Waals surface area contributed by atoms with Crippen molar-refractivity contribution in [3.05, 3.63) is 59.2 Å². The molecule has 2 aromatic rings. The smallest absolute Gasteiger partial charge is 0.254 e. The van der Waals surface area contributed by atoms with E-state index in [2.05, 4.69) is 17.0 Å². The number of amides is 1. The van der Waals surface area contributed by atoms with E-state index in [9.17, 15) is 13.2 Å².